The van der Waals surface area contributed by atoms with Gasteiger partial charge in [-0.3, -0.25) is 4.90 Å². The fourth-order valence-corrected chi connectivity index (χ4v) is 1.83. The SMILES string of the molecule is CCC(C)N1CC(N(C)C(=O)OC(C)(C)C)C1. The molecule has 1 amide bonds. The van der Waals surface area contributed by atoms with E-state index in [2.05, 4.69) is 18.7 Å². The van der Waals surface area contributed by atoms with Crippen LogP contribution in [0, 0.1) is 0 Å². The number of amides is 1. The van der Waals surface area contributed by atoms with Crippen LogP contribution in [-0.2, 0) is 4.74 Å². The molecule has 0 aromatic carbocycles. The van der Waals surface area contributed by atoms with Gasteiger partial charge < -0.3 is 9.64 Å². The predicted octanol–water partition coefficient (Wildman–Crippen LogP) is 2.34. The Bertz CT molecular complexity index is 267. The van der Waals surface area contributed by atoms with Crippen LogP contribution in [0.5, 0.6) is 0 Å². The molecule has 1 fully saturated rings. The van der Waals surface area contributed by atoms with Gasteiger partial charge in [0.1, 0.15) is 5.60 Å². The van der Waals surface area contributed by atoms with Crippen molar-refractivity contribution in [2.75, 3.05) is 20.1 Å². The zero-order valence-electron chi connectivity index (χ0n) is 12.0. The molecule has 0 spiro atoms. The van der Waals surface area contributed by atoms with Crippen molar-refractivity contribution in [1.82, 2.24) is 9.80 Å². The third-order valence-electron chi connectivity index (χ3n) is 3.33. The second-order valence-electron chi connectivity index (χ2n) is 5.96. The van der Waals surface area contributed by atoms with Crippen molar-refractivity contribution in [3.63, 3.8) is 0 Å². The summed E-state index contributed by atoms with van der Waals surface area (Å²) in [6.45, 7) is 12.0. The first-order chi connectivity index (χ1) is 7.74. The number of rotatable bonds is 3. The Labute approximate surface area is 105 Å². The van der Waals surface area contributed by atoms with E-state index in [0.29, 0.717) is 12.1 Å². The van der Waals surface area contributed by atoms with Gasteiger partial charge in [0.25, 0.3) is 0 Å². The van der Waals surface area contributed by atoms with E-state index in [9.17, 15) is 4.79 Å². The minimum absolute atomic E-state index is 0.216. The lowest BCUT2D eigenvalue weighted by atomic mass is 10.0. The fraction of sp³-hybridized carbons (Fsp3) is 0.923. The average molecular weight is 242 g/mol. The number of carbonyl (C=O) groups excluding carboxylic acids is 1. The fourth-order valence-electron chi connectivity index (χ4n) is 1.83. The van der Waals surface area contributed by atoms with Gasteiger partial charge in [-0.15, -0.1) is 0 Å². The maximum absolute atomic E-state index is 11.8. The van der Waals surface area contributed by atoms with Gasteiger partial charge in [-0.25, -0.2) is 4.79 Å². The van der Waals surface area contributed by atoms with E-state index in [1.165, 1.54) is 0 Å². The highest BCUT2D eigenvalue weighted by Gasteiger charge is 2.35. The molecule has 1 unspecified atom stereocenters. The second-order valence-corrected chi connectivity index (χ2v) is 5.96. The summed E-state index contributed by atoms with van der Waals surface area (Å²) in [6.07, 6.45) is 0.939. The normalized spacial score (nSPS) is 19.6. The van der Waals surface area contributed by atoms with Crippen LogP contribution < -0.4 is 0 Å². The van der Waals surface area contributed by atoms with Gasteiger partial charge in [-0.05, 0) is 34.1 Å². The predicted molar refractivity (Wildman–Crippen MR) is 69.1 cm³/mol. The summed E-state index contributed by atoms with van der Waals surface area (Å²) in [4.78, 5) is 15.9. The molecule has 0 aromatic rings. The molecule has 0 aromatic heterocycles. The number of hydrogen-bond acceptors (Lipinski definition) is 3. The Hall–Kier alpha value is -0.770. The van der Waals surface area contributed by atoms with E-state index in [0.717, 1.165) is 19.5 Å². The number of likely N-dealkylation sites (N-methyl/N-ethyl adjacent to an activating group) is 1. The third-order valence-corrected chi connectivity index (χ3v) is 3.33. The molecule has 100 valence electrons. The molecule has 1 aliphatic heterocycles. The summed E-state index contributed by atoms with van der Waals surface area (Å²) in [5.41, 5.74) is -0.411. The minimum Gasteiger partial charge on any atom is -0.444 e. The lowest BCUT2D eigenvalue weighted by Crippen LogP contribution is -2.62. The molecule has 1 aliphatic rings. The summed E-state index contributed by atoms with van der Waals surface area (Å²) in [5, 5.41) is 0. The molecule has 17 heavy (non-hydrogen) atoms. The zero-order valence-corrected chi connectivity index (χ0v) is 12.0. The van der Waals surface area contributed by atoms with E-state index in [1.807, 2.05) is 27.8 Å². The standard InChI is InChI=1S/C13H26N2O2/c1-7-10(2)15-8-11(9-15)14(6)12(16)17-13(3,4)5/h10-11H,7-9H2,1-6H3. The Balaban J connectivity index is 2.36. The molecular weight excluding hydrogens is 216 g/mol. The molecule has 4 nitrogen and oxygen atoms in total. The highest BCUT2D eigenvalue weighted by Crippen LogP contribution is 2.20. The molecule has 0 bridgehead atoms. The highest BCUT2D eigenvalue weighted by atomic mass is 16.6. The van der Waals surface area contributed by atoms with Gasteiger partial charge in [0.15, 0.2) is 0 Å². The van der Waals surface area contributed by atoms with Crippen molar-refractivity contribution in [3.8, 4) is 0 Å². The molecule has 1 saturated heterocycles. The maximum Gasteiger partial charge on any atom is 0.410 e. The largest absolute Gasteiger partial charge is 0.444 e. The van der Waals surface area contributed by atoms with Crippen LogP contribution in [0.3, 0.4) is 0 Å². The summed E-state index contributed by atoms with van der Waals surface area (Å²) in [5.74, 6) is 0. The van der Waals surface area contributed by atoms with Gasteiger partial charge in [0, 0.05) is 26.2 Å². The average Bonchev–Trinajstić information content (AvgIpc) is 2.12. The number of ether oxygens (including phenoxy) is 1. The Morgan fingerprint density at radius 1 is 1.47 bits per heavy atom. The van der Waals surface area contributed by atoms with Crippen molar-refractivity contribution >= 4 is 6.09 Å². The van der Waals surface area contributed by atoms with E-state index in [1.54, 1.807) is 4.90 Å². The van der Waals surface area contributed by atoms with Gasteiger partial charge in [0.05, 0.1) is 6.04 Å². The first-order valence-corrected chi connectivity index (χ1v) is 6.44. The molecule has 1 atom stereocenters. The third kappa shape index (κ3) is 3.87. The molecule has 1 heterocycles. The van der Waals surface area contributed by atoms with Crippen molar-refractivity contribution in [2.45, 2.75) is 58.7 Å². The first kappa shape index (κ1) is 14.3. The Kier molecular flexibility index (Phi) is 4.42. The molecule has 1 rings (SSSR count). The molecule has 0 saturated carbocycles. The summed E-state index contributed by atoms with van der Waals surface area (Å²) >= 11 is 0. The van der Waals surface area contributed by atoms with Crippen LogP contribution in [0.1, 0.15) is 41.0 Å². The van der Waals surface area contributed by atoms with Crippen molar-refractivity contribution in [1.29, 1.82) is 0 Å². The van der Waals surface area contributed by atoms with Crippen LogP contribution in [0.25, 0.3) is 0 Å². The lowest BCUT2D eigenvalue weighted by molar-refractivity contribution is -0.0137. The number of hydrogen-bond donors (Lipinski definition) is 0. The first-order valence-electron chi connectivity index (χ1n) is 6.44. The molecule has 0 radical (unpaired) electrons. The maximum atomic E-state index is 11.8. The van der Waals surface area contributed by atoms with Gasteiger partial charge in [-0.2, -0.15) is 0 Å². The number of likely N-dealkylation sites (tertiary alicyclic amines) is 1. The second kappa shape index (κ2) is 5.25. The van der Waals surface area contributed by atoms with Crippen LogP contribution >= 0.6 is 0 Å². The molecule has 4 heteroatoms. The summed E-state index contributed by atoms with van der Waals surface area (Å²) in [6, 6.07) is 0.914. The van der Waals surface area contributed by atoms with E-state index in [-0.39, 0.29) is 6.09 Å². The van der Waals surface area contributed by atoms with Crippen LogP contribution in [0.4, 0.5) is 4.79 Å². The van der Waals surface area contributed by atoms with Crippen molar-refractivity contribution in [3.05, 3.63) is 0 Å². The van der Waals surface area contributed by atoms with Crippen LogP contribution in [0.2, 0.25) is 0 Å². The van der Waals surface area contributed by atoms with Crippen LogP contribution in [-0.4, -0.2) is 53.7 Å². The molecular formula is C13H26N2O2. The number of nitrogens with zero attached hydrogens (tertiary/aromatic N) is 2. The van der Waals surface area contributed by atoms with Gasteiger partial charge in [-0.1, -0.05) is 6.92 Å². The highest BCUT2D eigenvalue weighted by molar-refractivity contribution is 5.68. The van der Waals surface area contributed by atoms with E-state index < -0.39 is 5.60 Å². The van der Waals surface area contributed by atoms with Gasteiger partial charge in [0.2, 0.25) is 0 Å². The van der Waals surface area contributed by atoms with Gasteiger partial charge >= 0.3 is 6.09 Å². The molecule has 0 N–H and O–H groups in total. The summed E-state index contributed by atoms with van der Waals surface area (Å²) in [7, 11) is 1.83. The van der Waals surface area contributed by atoms with E-state index >= 15 is 0 Å². The van der Waals surface area contributed by atoms with E-state index in [4.69, 9.17) is 4.74 Å². The summed E-state index contributed by atoms with van der Waals surface area (Å²) < 4.78 is 5.35. The lowest BCUT2D eigenvalue weighted by Gasteiger charge is -2.46. The topological polar surface area (TPSA) is 32.8 Å². The van der Waals surface area contributed by atoms with Crippen molar-refractivity contribution < 1.29 is 9.53 Å². The minimum atomic E-state index is -0.411. The Morgan fingerprint density at radius 2 is 2.00 bits per heavy atom. The monoisotopic (exact) mass is 242 g/mol. The van der Waals surface area contributed by atoms with Crippen molar-refractivity contribution in [2.24, 2.45) is 0 Å². The Morgan fingerprint density at radius 3 is 2.41 bits per heavy atom. The number of carbonyl (C=O) groups is 1. The van der Waals surface area contributed by atoms with Crippen LogP contribution in [0.15, 0.2) is 0 Å². The quantitative estimate of drug-likeness (QED) is 0.761. The smallest absolute Gasteiger partial charge is 0.410 e. The zero-order chi connectivity index (χ0) is 13.2. The molecule has 0 aliphatic carbocycles.